The molecule has 0 spiro atoms. The number of ether oxygens (including phenoxy) is 1. The van der Waals surface area contributed by atoms with Crippen molar-refractivity contribution in [2.45, 2.75) is 13.8 Å². The molecule has 0 aromatic heterocycles. The number of carbonyl (C=O) groups excluding carboxylic acids is 3. The minimum atomic E-state index is -0.773. The Bertz CT molecular complexity index is 565. The van der Waals surface area contributed by atoms with Crippen molar-refractivity contribution in [1.29, 1.82) is 0 Å². The van der Waals surface area contributed by atoms with Crippen LogP contribution in [0.5, 0.6) is 0 Å². The number of quaternary nitrogens is 1. The third-order valence-electron chi connectivity index (χ3n) is 2.99. The van der Waals surface area contributed by atoms with Crippen LogP contribution in [0.4, 0.5) is 10.5 Å². The molecule has 1 atom stereocenters. The van der Waals surface area contributed by atoms with Crippen molar-refractivity contribution in [2.24, 2.45) is 0 Å². The molecule has 1 aromatic carbocycles. The number of nitrogens with one attached hydrogen (secondary N) is 3. The maximum atomic E-state index is 12.1. The zero-order valence-corrected chi connectivity index (χ0v) is 14.7. The van der Waals surface area contributed by atoms with Crippen LogP contribution in [0.15, 0.2) is 28.7 Å². The Morgan fingerprint density at radius 2 is 1.78 bits per heavy atom. The van der Waals surface area contributed by atoms with Crippen LogP contribution in [0.2, 0.25) is 0 Å². The maximum Gasteiger partial charge on any atom is 0.414 e. The number of imide groups is 1. The minimum absolute atomic E-state index is 0.0126. The van der Waals surface area contributed by atoms with E-state index in [1.807, 2.05) is 25.1 Å². The highest BCUT2D eigenvalue weighted by Gasteiger charge is 2.19. The van der Waals surface area contributed by atoms with Crippen molar-refractivity contribution in [2.75, 3.05) is 31.6 Å². The molecule has 7 nitrogen and oxygen atoms in total. The summed E-state index contributed by atoms with van der Waals surface area (Å²) < 4.78 is 5.42. The zero-order chi connectivity index (χ0) is 17.2. The Balaban J connectivity index is 2.49. The van der Waals surface area contributed by atoms with E-state index in [-0.39, 0.29) is 25.6 Å². The average molecular weight is 387 g/mol. The molecule has 3 amide bonds. The predicted molar refractivity (Wildman–Crippen MR) is 89.2 cm³/mol. The topological polar surface area (TPSA) is 88.9 Å². The number of anilines is 1. The molecule has 0 radical (unpaired) electrons. The van der Waals surface area contributed by atoms with Gasteiger partial charge < -0.3 is 15.0 Å². The number of para-hydroxylation sites is 1. The quantitative estimate of drug-likeness (QED) is 0.638. The number of hydrogen-bond donors (Lipinski definition) is 3. The summed E-state index contributed by atoms with van der Waals surface area (Å²) in [4.78, 5) is 35.7. The number of rotatable bonds is 7. The molecule has 0 aliphatic heterocycles. The van der Waals surface area contributed by atoms with Gasteiger partial charge >= 0.3 is 6.09 Å². The van der Waals surface area contributed by atoms with Gasteiger partial charge in [-0.2, -0.15) is 0 Å². The molecule has 0 saturated heterocycles. The van der Waals surface area contributed by atoms with Gasteiger partial charge in [-0.05, 0) is 41.9 Å². The molecular weight excluding hydrogens is 366 g/mol. The van der Waals surface area contributed by atoms with Gasteiger partial charge in [0.25, 0.3) is 11.8 Å². The van der Waals surface area contributed by atoms with Crippen molar-refractivity contribution >= 4 is 39.5 Å². The van der Waals surface area contributed by atoms with Crippen LogP contribution < -0.4 is 15.5 Å². The molecule has 126 valence electrons. The monoisotopic (exact) mass is 386 g/mol. The summed E-state index contributed by atoms with van der Waals surface area (Å²) in [6.07, 6.45) is -0.773. The van der Waals surface area contributed by atoms with Crippen molar-refractivity contribution < 1.29 is 24.0 Å². The van der Waals surface area contributed by atoms with Crippen LogP contribution in [0, 0.1) is 0 Å². The first-order valence-electron chi connectivity index (χ1n) is 7.30. The first kappa shape index (κ1) is 19.1. The second-order valence-corrected chi connectivity index (χ2v) is 5.61. The summed E-state index contributed by atoms with van der Waals surface area (Å²) >= 11 is 3.35. The second-order valence-electron chi connectivity index (χ2n) is 4.75. The van der Waals surface area contributed by atoms with Gasteiger partial charge in [0.1, 0.15) is 0 Å². The van der Waals surface area contributed by atoms with Gasteiger partial charge in [-0.25, -0.2) is 4.79 Å². The highest BCUT2D eigenvalue weighted by molar-refractivity contribution is 9.10. The average Bonchev–Trinajstić information content (AvgIpc) is 2.49. The van der Waals surface area contributed by atoms with Crippen molar-refractivity contribution in [3.05, 3.63) is 28.7 Å². The normalized spacial score (nSPS) is 11.4. The van der Waals surface area contributed by atoms with E-state index in [1.54, 1.807) is 13.0 Å². The third-order valence-corrected chi connectivity index (χ3v) is 3.68. The molecule has 0 aliphatic rings. The number of carbonyl (C=O) groups is 3. The van der Waals surface area contributed by atoms with Crippen LogP contribution >= 0.6 is 15.9 Å². The molecule has 1 aromatic rings. The first-order valence-corrected chi connectivity index (χ1v) is 8.10. The van der Waals surface area contributed by atoms with E-state index in [1.165, 1.54) is 0 Å². The molecular formula is C15H21BrN3O4+. The summed E-state index contributed by atoms with van der Waals surface area (Å²) in [5.74, 6) is -0.688. The molecule has 23 heavy (non-hydrogen) atoms. The van der Waals surface area contributed by atoms with E-state index in [0.717, 1.165) is 9.37 Å². The van der Waals surface area contributed by atoms with Gasteiger partial charge in [0.2, 0.25) is 0 Å². The van der Waals surface area contributed by atoms with E-state index in [2.05, 4.69) is 31.3 Å². The van der Waals surface area contributed by atoms with Crippen LogP contribution in [-0.2, 0) is 14.3 Å². The molecule has 3 N–H and O–H groups in total. The van der Waals surface area contributed by atoms with Gasteiger partial charge in [0, 0.05) is 4.47 Å². The van der Waals surface area contributed by atoms with E-state index < -0.39 is 12.0 Å². The molecule has 0 fully saturated rings. The number of alkyl carbamates (subject to hydrolysis) is 1. The molecule has 1 unspecified atom stereocenters. The number of hydrogen-bond acceptors (Lipinski definition) is 4. The fraction of sp³-hybridized carbons (Fsp3) is 0.400. The van der Waals surface area contributed by atoms with E-state index in [0.29, 0.717) is 12.2 Å². The first-order chi connectivity index (χ1) is 11.0. The summed E-state index contributed by atoms with van der Waals surface area (Å²) in [5.41, 5.74) is 0.670. The molecule has 0 saturated carbocycles. The lowest BCUT2D eigenvalue weighted by Crippen LogP contribution is -3.14. The lowest BCUT2D eigenvalue weighted by atomic mass is 10.3. The fourth-order valence-corrected chi connectivity index (χ4v) is 2.23. The Labute approximate surface area is 143 Å². The van der Waals surface area contributed by atoms with Gasteiger partial charge in [-0.3, -0.25) is 14.9 Å². The Morgan fingerprint density at radius 1 is 1.13 bits per heavy atom. The lowest BCUT2D eigenvalue weighted by Gasteiger charge is -2.16. The molecule has 0 bridgehead atoms. The van der Waals surface area contributed by atoms with Crippen LogP contribution in [0.3, 0.4) is 0 Å². The second kappa shape index (κ2) is 9.96. The van der Waals surface area contributed by atoms with Gasteiger partial charge in [-0.1, -0.05) is 12.1 Å². The predicted octanol–water partition coefficient (Wildman–Crippen LogP) is 0.565. The van der Waals surface area contributed by atoms with Crippen molar-refractivity contribution in [3.63, 3.8) is 0 Å². The van der Waals surface area contributed by atoms with E-state index >= 15 is 0 Å². The highest BCUT2D eigenvalue weighted by atomic mass is 79.9. The van der Waals surface area contributed by atoms with Crippen LogP contribution in [0.1, 0.15) is 13.8 Å². The van der Waals surface area contributed by atoms with Crippen molar-refractivity contribution in [1.82, 2.24) is 5.32 Å². The largest absolute Gasteiger partial charge is 0.450 e. The van der Waals surface area contributed by atoms with Gasteiger partial charge in [0.05, 0.1) is 18.8 Å². The van der Waals surface area contributed by atoms with E-state index in [4.69, 9.17) is 0 Å². The molecule has 0 aliphatic carbocycles. The summed E-state index contributed by atoms with van der Waals surface area (Å²) in [6.45, 7) is 4.41. The molecule has 0 heterocycles. The summed E-state index contributed by atoms with van der Waals surface area (Å²) in [7, 11) is 0. The number of likely N-dealkylation sites (N-methyl/N-ethyl adjacent to an activating group) is 1. The highest BCUT2D eigenvalue weighted by Crippen LogP contribution is 2.20. The number of benzene rings is 1. The zero-order valence-electron chi connectivity index (χ0n) is 13.1. The number of amides is 3. The van der Waals surface area contributed by atoms with Gasteiger partial charge in [-0.15, -0.1) is 0 Å². The Hall–Kier alpha value is -1.93. The fourth-order valence-electron chi connectivity index (χ4n) is 1.85. The van der Waals surface area contributed by atoms with Crippen LogP contribution in [-0.4, -0.2) is 44.1 Å². The van der Waals surface area contributed by atoms with Crippen molar-refractivity contribution in [3.8, 4) is 0 Å². The molecule has 8 heteroatoms. The smallest absolute Gasteiger partial charge is 0.414 e. The standard InChI is InChI=1S/C15H20BrN3O4/c1-3-19(10-14(21)18-15(22)23-4-2)9-13(20)17-12-8-6-5-7-11(12)16/h5-8H,3-4,9-10H2,1-2H3,(H,17,20)(H,18,21,22)/p+1. The minimum Gasteiger partial charge on any atom is -0.450 e. The third kappa shape index (κ3) is 7.25. The summed E-state index contributed by atoms with van der Waals surface area (Å²) in [6, 6.07) is 7.27. The lowest BCUT2D eigenvalue weighted by molar-refractivity contribution is -0.881. The maximum absolute atomic E-state index is 12.1. The Morgan fingerprint density at radius 3 is 2.39 bits per heavy atom. The van der Waals surface area contributed by atoms with E-state index in [9.17, 15) is 14.4 Å². The molecule has 1 rings (SSSR count). The van der Waals surface area contributed by atoms with Crippen LogP contribution in [0.25, 0.3) is 0 Å². The SMILES string of the molecule is CCOC(=O)NC(=O)C[NH+](CC)CC(=O)Nc1ccccc1Br. The number of halogens is 1. The van der Waals surface area contributed by atoms with Gasteiger partial charge in [0.15, 0.2) is 13.1 Å². The summed E-state index contributed by atoms with van der Waals surface area (Å²) in [5, 5.41) is 4.90. The Kier molecular flexibility index (Phi) is 8.28.